The molecule has 2 N–H and O–H groups in total. The number of nitrogens with zero attached hydrogens (tertiary/aromatic N) is 6. The largest absolute Gasteiger partial charge is 0.449 e. The molecule has 0 bridgehead atoms. The third kappa shape index (κ3) is 8.15. The zero-order valence-electron chi connectivity index (χ0n) is 24.3. The Bertz CT molecular complexity index is 1340. The highest BCUT2D eigenvalue weighted by atomic mass is 35.5. The lowest BCUT2D eigenvalue weighted by Crippen LogP contribution is -2.47. The van der Waals surface area contributed by atoms with Gasteiger partial charge in [0.2, 0.25) is 5.13 Å². The fraction of sp³-hybridized carbons (Fsp3) is 0.483. The van der Waals surface area contributed by atoms with Gasteiger partial charge in [-0.15, -0.1) is 0 Å². The minimum atomic E-state index is -0.619. The van der Waals surface area contributed by atoms with Crippen LogP contribution in [0.5, 0.6) is 0 Å². The van der Waals surface area contributed by atoms with Gasteiger partial charge in [-0.1, -0.05) is 61.3 Å². The molecule has 3 aromatic rings. The highest BCUT2D eigenvalue weighted by Crippen LogP contribution is 2.33. The topological polar surface area (TPSA) is 124 Å². The van der Waals surface area contributed by atoms with Gasteiger partial charge in [-0.2, -0.15) is 0 Å². The Balaban J connectivity index is 1.60. The lowest BCUT2D eigenvalue weighted by Gasteiger charge is -2.35. The van der Waals surface area contributed by atoms with Crippen LogP contribution in [0.1, 0.15) is 53.7 Å². The number of halogens is 1. The van der Waals surface area contributed by atoms with Gasteiger partial charge < -0.3 is 20.1 Å². The van der Waals surface area contributed by atoms with Gasteiger partial charge in [0.1, 0.15) is 16.5 Å². The van der Waals surface area contributed by atoms with Crippen LogP contribution in [-0.2, 0) is 4.74 Å². The van der Waals surface area contributed by atoms with Crippen molar-refractivity contribution in [3.05, 3.63) is 51.7 Å². The predicted octanol–water partition coefficient (Wildman–Crippen LogP) is 5.42. The van der Waals surface area contributed by atoms with Crippen LogP contribution >= 0.6 is 22.9 Å². The minimum Gasteiger partial charge on any atom is -0.449 e. The van der Waals surface area contributed by atoms with Gasteiger partial charge in [0.15, 0.2) is 5.82 Å². The number of benzene rings is 1. The van der Waals surface area contributed by atoms with Crippen molar-refractivity contribution in [3.63, 3.8) is 0 Å². The molecular weight excluding hydrogens is 578 g/mol. The molecular formula is C29H38ClN7O4S. The number of aliphatic hydroxyl groups excluding tert-OH is 1. The first-order chi connectivity index (χ1) is 20.3. The molecule has 226 valence electrons. The molecule has 0 radical (unpaired) electrons. The van der Waals surface area contributed by atoms with E-state index in [0.717, 1.165) is 68.8 Å². The molecule has 1 fully saturated rings. The van der Waals surface area contributed by atoms with Gasteiger partial charge in [0.25, 0.3) is 5.91 Å². The van der Waals surface area contributed by atoms with Crippen LogP contribution in [0, 0.1) is 13.8 Å². The zero-order valence-corrected chi connectivity index (χ0v) is 25.9. The number of piperazine rings is 1. The first kappa shape index (κ1) is 31.6. The smallest absolute Gasteiger partial charge is 0.422 e. The van der Waals surface area contributed by atoms with E-state index in [4.69, 9.17) is 16.3 Å². The number of carbonyl (C=O) groups excluding carboxylic acids is 2. The van der Waals surface area contributed by atoms with Crippen molar-refractivity contribution < 1.29 is 19.4 Å². The van der Waals surface area contributed by atoms with E-state index >= 15 is 0 Å². The molecule has 2 amide bonds. The van der Waals surface area contributed by atoms with Gasteiger partial charge >= 0.3 is 6.09 Å². The van der Waals surface area contributed by atoms with Crippen LogP contribution in [0.25, 0.3) is 0 Å². The maximum absolute atomic E-state index is 13.5. The number of hydrogen-bond donors (Lipinski definition) is 2. The van der Waals surface area contributed by atoms with Crippen LogP contribution in [0.3, 0.4) is 0 Å². The molecule has 2 aromatic heterocycles. The van der Waals surface area contributed by atoms with Crippen molar-refractivity contribution in [2.45, 2.75) is 46.5 Å². The number of aromatic nitrogens is 3. The van der Waals surface area contributed by atoms with E-state index in [9.17, 15) is 14.7 Å². The first-order valence-corrected chi connectivity index (χ1v) is 15.4. The average molecular weight is 616 g/mol. The number of thiazole rings is 1. The summed E-state index contributed by atoms with van der Waals surface area (Å²) in [6.45, 7) is 9.81. The number of ether oxygens (including phenoxy) is 1. The number of carbonyl (C=O) groups is 2. The van der Waals surface area contributed by atoms with Gasteiger partial charge in [-0.05, 0) is 31.9 Å². The standard InChI is InChI=1S/C29H38ClN7O4S/c1-4-5-6-7-17-41-29(40)37(25-18-24(32-21(3)33-25)36-13-11-35(12-14-36)15-16-38)28-31-19-23(42-28)27(39)34-26-20(2)9-8-10-22(26)30/h8-10,18-19,38H,4-7,11-17H2,1-3H3,(H,34,39). The second kappa shape index (κ2) is 15.2. The Kier molecular flexibility index (Phi) is 11.5. The number of unbranched alkanes of at least 4 members (excludes halogenated alkanes) is 3. The normalized spacial score (nSPS) is 13.7. The summed E-state index contributed by atoms with van der Waals surface area (Å²) in [5.41, 5.74) is 1.35. The Labute approximate surface area is 255 Å². The third-order valence-electron chi connectivity index (χ3n) is 6.93. The molecule has 42 heavy (non-hydrogen) atoms. The molecule has 4 rings (SSSR count). The fourth-order valence-corrected chi connectivity index (χ4v) is 5.70. The number of nitrogens with one attached hydrogen (secondary N) is 1. The van der Waals surface area contributed by atoms with Crippen LogP contribution in [0.15, 0.2) is 30.5 Å². The summed E-state index contributed by atoms with van der Waals surface area (Å²) in [7, 11) is 0. The van der Waals surface area contributed by atoms with E-state index < -0.39 is 6.09 Å². The van der Waals surface area contributed by atoms with Crippen molar-refractivity contribution in [1.82, 2.24) is 19.9 Å². The van der Waals surface area contributed by atoms with Crippen molar-refractivity contribution in [1.29, 1.82) is 0 Å². The Hall–Kier alpha value is -3.32. The molecule has 1 saturated heterocycles. The summed E-state index contributed by atoms with van der Waals surface area (Å²) in [6.07, 6.45) is 4.67. The summed E-state index contributed by atoms with van der Waals surface area (Å²) >= 11 is 7.37. The van der Waals surface area contributed by atoms with Crippen molar-refractivity contribution in [2.75, 3.05) is 61.1 Å². The van der Waals surface area contributed by atoms with Crippen LogP contribution in [0.2, 0.25) is 5.02 Å². The predicted molar refractivity (Wildman–Crippen MR) is 166 cm³/mol. The van der Waals surface area contributed by atoms with Gasteiger partial charge in [-0.3, -0.25) is 9.69 Å². The average Bonchev–Trinajstić information content (AvgIpc) is 3.45. The van der Waals surface area contributed by atoms with Crippen molar-refractivity contribution in [2.24, 2.45) is 0 Å². The summed E-state index contributed by atoms with van der Waals surface area (Å²) in [5, 5.41) is 12.8. The molecule has 0 aliphatic carbocycles. The Morgan fingerprint density at radius 1 is 1.14 bits per heavy atom. The Morgan fingerprint density at radius 3 is 2.64 bits per heavy atom. The maximum atomic E-state index is 13.5. The van der Waals surface area contributed by atoms with E-state index in [1.807, 2.05) is 19.1 Å². The minimum absolute atomic E-state index is 0.123. The monoisotopic (exact) mass is 615 g/mol. The molecule has 1 aliphatic heterocycles. The third-order valence-corrected chi connectivity index (χ3v) is 8.22. The SMILES string of the molecule is CCCCCCOC(=O)N(c1cc(N2CCN(CCO)CC2)nc(C)n1)c1ncc(C(=O)Nc2c(C)cccc2Cl)s1. The molecule has 11 nitrogen and oxygen atoms in total. The first-order valence-electron chi connectivity index (χ1n) is 14.2. The van der Waals surface area contributed by atoms with Gasteiger partial charge in [0.05, 0.1) is 30.1 Å². The number of rotatable bonds is 12. The number of hydrogen-bond acceptors (Lipinski definition) is 10. The number of β-amino-alcohol motifs (C(OH)–C–C–N with tert-alkyl or cyclic N) is 1. The summed E-state index contributed by atoms with van der Waals surface area (Å²) in [4.78, 5) is 46.2. The van der Waals surface area contributed by atoms with E-state index in [0.29, 0.717) is 39.6 Å². The summed E-state index contributed by atoms with van der Waals surface area (Å²) < 4.78 is 5.65. The molecule has 0 saturated carbocycles. The Morgan fingerprint density at radius 2 is 1.93 bits per heavy atom. The molecule has 3 heterocycles. The summed E-state index contributed by atoms with van der Waals surface area (Å²) in [5.74, 6) is 1.11. The number of anilines is 4. The molecule has 1 aliphatic rings. The van der Waals surface area contributed by atoms with E-state index in [-0.39, 0.29) is 24.3 Å². The second-order valence-corrected chi connectivity index (χ2v) is 11.5. The van der Waals surface area contributed by atoms with Crippen molar-refractivity contribution >= 4 is 57.4 Å². The number of amides is 2. The molecule has 0 unspecified atom stereocenters. The number of aryl methyl sites for hydroxylation is 2. The van der Waals surface area contributed by atoms with Crippen molar-refractivity contribution in [3.8, 4) is 0 Å². The quantitative estimate of drug-likeness (QED) is 0.257. The maximum Gasteiger partial charge on any atom is 0.422 e. The van der Waals surface area contributed by atoms with E-state index in [1.165, 1.54) is 11.1 Å². The highest BCUT2D eigenvalue weighted by Gasteiger charge is 2.28. The highest BCUT2D eigenvalue weighted by molar-refractivity contribution is 7.17. The van der Waals surface area contributed by atoms with Crippen LogP contribution in [-0.4, -0.2) is 82.9 Å². The van der Waals surface area contributed by atoms with E-state index in [2.05, 4.69) is 37.0 Å². The number of para-hydroxylation sites is 1. The lowest BCUT2D eigenvalue weighted by molar-refractivity contribution is 0.103. The van der Waals surface area contributed by atoms with Gasteiger partial charge in [-0.25, -0.2) is 24.6 Å². The van der Waals surface area contributed by atoms with E-state index in [1.54, 1.807) is 19.1 Å². The molecule has 0 atom stereocenters. The summed E-state index contributed by atoms with van der Waals surface area (Å²) in [6, 6.07) is 7.14. The number of aliphatic hydroxyl groups is 1. The second-order valence-electron chi connectivity index (χ2n) is 10.1. The molecule has 13 heteroatoms. The molecule has 1 aromatic carbocycles. The lowest BCUT2D eigenvalue weighted by atomic mass is 10.2. The van der Waals surface area contributed by atoms with Crippen LogP contribution < -0.4 is 15.1 Å². The fourth-order valence-electron chi connectivity index (χ4n) is 4.62. The zero-order chi connectivity index (χ0) is 30.1. The van der Waals surface area contributed by atoms with Gasteiger partial charge in [0, 0.05) is 38.8 Å². The molecule has 0 spiro atoms. The van der Waals surface area contributed by atoms with Crippen LogP contribution in [0.4, 0.5) is 27.2 Å².